The Morgan fingerprint density at radius 2 is 1.92 bits per heavy atom. The topological polar surface area (TPSA) is 118 Å². The van der Waals surface area contributed by atoms with Crippen molar-refractivity contribution in [2.45, 2.75) is 63.6 Å². The molecule has 2 aromatic carbocycles. The number of aliphatic carboxylic acids is 1. The van der Waals surface area contributed by atoms with Gasteiger partial charge in [0.1, 0.15) is 11.3 Å². The van der Waals surface area contributed by atoms with E-state index in [0.717, 1.165) is 66.7 Å². The molecule has 1 aliphatic heterocycles. The third kappa shape index (κ3) is 4.45. The molecule has 0 radical (unpaired) electrons. The van der Waals surface area contributed by atoms with Crippen LogP contribution < -0.4 is 10.1 Å². The van der Waals surface area contributed by atoms with Gasteiger partial charge >= 0.3 is 5.97 Å². The van der Waals surface area contributed by atoms with Crippen molar-refractivity contribution in [1.82, 2.24) is 15.2 Å². The summed E-state index contributed by atoms with van der Waals surface area (Å²) in [6.45, 7) is 3.72. The first kappa shape index (κ1) is 25.4. The lowest BCUT2D eigenvalue weighted by molar-refractivity contribution is -0.140. The molecule has 2 aliphatic carbocycles. The Balaban J connectivity index is 1.29. The second kappa shape index (κ2) is 9.42. The van der Waals surface area contributed by atoms with E-state index in [9.17, 15) is 20.0 Å². The van der Waals surface area contributed by atoms with Crippen LogP contribution in [0.4, 0.5) is 0 Å². The molecule has 3 aromatic rings. The van der Waals surface area contributed by atoms with Gasteiger partial charge in [-0.15, -0.1) is 0 Å². The molecular weight excluding hydrogens is 492 g/mol. The summed E-state index contributed by atoms with van der Waals surface area (Å²) >= 11 is 0. The second-order valence-electron chi connectivity index (χ2n) is 11.8. The fraction of sp³-hybridized carbons (Fsp3) is 0.452. The minimum atomic E-state index is -1.11. The Morgan fingerprint density at radius 3 is 2.56 bits per heavy atom. The molecule has 1 spiro atoms. The Kier molecular flexibility index (Phi) is 6.15. The number of likely N-dealkylation sites (tertiary alicyclic amines) is 1. The van der Waals surface area contributed by atoms with Crippen molar-refractivity contribution in [3.8, 4) is 11.8 Å². The van der Waals surface area contributed by atoms with Crippen LogP contribution in [0.1, 0.15) is 71.6 Å². The summed E-state index contributed by atoms with van der Waals surface area (Å²) in [5, 5.41) is 22.7. The van der Waals surface area contributed by atoms with Gasteiger partial charge in [0.15, 0.2) is 0 Å². The first-order chi connectivity index (χ1) is 18.8. The van der Waals surface area contributed by atoms with Crippen LogP contribution in [0.15, 0.2) is 42.6 Å². The van der Waals surface area contributed by atoms with Crippen molar-refractivity contribution in [3.05, 3.63) is 64.8 Å². The number of nitrogens with zero attached hydrogens (tertiary/aromatic N) is 2. The molecule has 202 valence electrons. The lowest BCUT2D eigenvalue weighted by atomic mass is 9.56. The highest BCUT2D eigenvalue weighted by Gasteiger charge is 2.52. The molecule has 6 rings (SSSR count). The number of amides is 1. The number of carbonyl (C=O) groups excluding carboxylic acids is 1. The van der Waals surface area contributed by atoms with E-state index in [1.807, 2.05) is 18.3 Å². The molecule has 2 saturated carbocycles. The van der Waals surface area contributed by atoms with Crippen LogP contribution >= 0.6 is 0 Å². The van der Waals surface area contributed by atoms with E-state index < -0.39 is 11.5 Å². The molecule has 3 aliphatic rings. The van der Waals surface area contributed by atoms with Crippen LogP contribution in [0, 0.1) is 29.6 Å². The van der Waals surface area contributed by atoms with Gasteiger partial charge in [-0.2, -0.15) is 5.26 Å². The largest absolute Gasteiger partial charge is 0.496 e. The Hall–Kier alpha value is -3.83. The van der Waals surface area contributed by atoms with Crippen LogP contribution in [-0.2, 0) is 11.3 Å². The Bertz CT molecular complexity index is 1470. The van der Waals surface area contributed by atoms with Crippen LogP contribution in [-0.4, -0.2) is 46.1 Å². The van der Waals surface area contributed by atoms with Gasteiger partial charge in [-0.05, 0) is 92.8 Å². The highest BCUT2D eigenvalue weighted by molar-refractivity contribution is 5.99. The maximum atomic E-state index is 12.8. The number of hydrogen-bond donors (Lipinski definition) is 3. The number of aromatic nitrogens is 1. The summed E-state index contributed by atoms with van der Waals surface area (Å²) in [6, 6.07) is 14.4. The van der Waals surface area contributed by atoms with E-state index in [1.165, 1.54) is 5.39 Å². The second-order valence-corrected chi connectivity index (χ2v) is 11.8. The number of fused-ring (bicyclic) bond motifs is 1. The number of methoxy groups -OCH3 is 1. The van der Waals surface area contributed by atoms with Crippen molar-refractivity contribution >= 4 is 22.8 Å². The number of ether oxygens (including phenoxy) is 1. The SMILES string of the molecule is COc1cc(C)c2[nH]ccc2c1CN1CCC2(CC(C#N)C2)C[C@H]1c1ccc(C(=O)NC2(C(=O)O)CC2)cc1. The van der Waals surface area contributed by atoms with Crippen molar-refractivity contribution in [3.63, 3.8) is 0 Å². The number of H-pyrrole nitrogens is 1. The number of aryl methyl sites for hydroxylation is 1. The normalized spacial score (nSPS) is 25.6. The predicted molar refractivity (Wildman–Crippen MR) is 146 cm³/mol. The number of carboxylic acid groups (broad SMARTS) is 1. The van der Waals surface area contributed by atoms with Crippen LogP contribution in [0.3, 0.4) is 0 Å². The van der Waals surface area contributed by atoms with Gasteiger partial charge in [-0.1, -0.05) is 12.1 Å². The molecule has 1 atom stereocenters. The zero-order chi connectivity index (χ0) is 27.4. The summed E-state index contributed by atoms with van der Waals surface area (Å²) in [6.07, 6.45) is 6.81. The minimum Gasteiger partial charge on any atom is -0.496 e. The summed E-state index contributed by atoms with van der Waals surface area (Å²) < 4.78 is 5.83. The fourth-order valence-electron chi connectivity index (χ4n) is 6.79. The lowest BCUT2D eigenvalue weighted by Crippen LogP contribution is -2.48. The lowest BCUT2D eigenvalue weighted by Gasteiger charge is -2.53. The van der Waals surface area contributed by atoms with Gasteiger partial charge in [0.2, 0.25) is 0 Å². The van der Waals surface area contributed by atoms with Crippen molar-refractivity contribution in [2.24, 2.45) is 11.3 Å². The minimum absolute atomic E-state index is 0.129. The molecule has 1 aromatic heterocycles. The predicted octanol–water partition coefficient (Wildman–Crippen LogP) is 5.09. The van der Waals surface area contributed by atoms with Gasteiger partial charge in [0.25, 0.3) is 5.91 Å². The smallest absolute Gasteiger partial charge is 0.329 e. The maximum Gasteiger partial charge on any atom is 0.329 e. The van der Waals surface area contributed by atoms with Crippen molar-refractivity contribution in [1.29, 1.82) is 5.26 Å². The highest BCUT2D eigenvalue weighted by atomic mass is 16.5. The molecule has 8 nitrogen and oxygen atoms in total. The standard InChI is InChI=1S/C31H34N4O4/c1-19-13-26(39-2)24(23-7-11-33-27(19)23)18-35-12-10-30(14-20(15-30)17-32)16-25(35)21-3-5-22(6-4-21)28(36)34-31(8-9-31)29(37)38/h3-7,11,13,20,25,33H,8-10,12,14-16,18H2,1-2H3,(H,34,36)(H,37,38)/t20?,25-,30?/m0/s1. The number of rotatable bonds is 7. The van der Waals surface area contributed by atoms with Crippen LogP contribution in [0.5, 0.6) is 5.75 Å². The number of carbonyl (C=O) groups is 2. The van der Waals surface area contributed by atoms with Gasteiger partial charge in [0.05, 0.1) is 13.2 Å². The van der Waals surface area contributed by atoms with Gasteiger partial charge in [-0.25, -0.2) is 4.79 Å². The number of hydrogen-bond acceptors (Lipinski definition) is 5. The third-order valence-electron chi connectivity index (χ3n) is 9.30. The van der Waals surface area contributed by atoms with E-state index in [4.69, 9.17) is 4.74 Å². The molecule has 0 unspecified atom stereocenters. The number of aromatic amines is 1. The van der Waals surface area contributed by atoms with Gasteiger partial charge in [-0.3, -0.25) is 9.69 Å². The molecule has 1 saturated heterocycles. The van der Waals surface area contributed by atoms with Crippen molar-refractivity contribution in [2.75, 3.05) is 13.7 Å². The molecule has 3 N–H and O–H groups in total. The first-order valence-electron chi connectivity index (χ1n) is 13.7. The Labute approximate surface area is 227 Å². The number of benzene rings is 2. The zero-order valence-electron chi connectivity index (χ0n) is 22.4. The highest BCUT2D eigenvalue weighted by Crippen LogP contribution is 2.57. The monoisotopic (exact) mass is 526 g/mol. The third-order valence-corrected chi connectivity index (χ3v) is 9.30. The van der Waals surface area contributed by atoms with E-state index >= 15 is 0 Å². The summed E-state index contributed by atoms with van der Waals surface area (Å²) in [7, 11) is 1.72. The maximum absolute atomic E-state index is 12.8. The zero-order valence-corrected chi connectivity index (χ0v) is 22.4. The van der Waals surface area contributed by atoms with E-state index in [2.05, 4.69) is 40.3 Å². The van der Waals surface area contributed by atoms with Gasteiger partial charge < -0.3 is 20.1 Å². The van der Waals surface area contributed by atoms with Gasteiger partial charge in [0, 0.05) is 46.7 Å². The number of nitrogens with one attached hydrogen (secondary N) is 2. The molecule has 0 bridgehead atoms. The number of piperidine rings is 1. The van der Waals surface area contributed by atoms with Crippen molar-refractivity contribution < 1.29 is 19.4 Å². The molecule has 8 heteroatoms. The number of carboxylic acids is 1. The molecule has 1 amide bonds. The molecular formula is C31H34N4O4. The van der Waals surface area contributed by atoms with Crippen LogP contribution in [0.2, 0.25) is 0 Å². The summed E-state index contributed by atoms with van der Waals surface area (Å²) in [4.78, 5) is 30.2. The quantitative estimate of drug-likeness (QED) is 0.395. The summed E-state index contributed by atoms with van der Waals surface area (Å²) in [5.74, 6) is -0.307. The summed E-state index contributed by atoms with van der Waals surface area (Å²) in [5.41, 5.74) is 4.08. The average Bonchev–Trinajstić information content (AvgIpc) is 3.53. The molecule has 39 heavy (non-hydrogen) atoms. The van der Waals surface area contributed by atoms with E-state index in [0.29, 0.717) is 18.4 Å². The first-order valence-corrected chi connectivity index (χ1v) is 13.7. The molecule has 3 fully saturated rings. The number of nitriles is 1. The average molecular weight is 527 g/mol. The molecule has 2 heterocycles. The Morgan fingerprint density at radius 1 is 1.18 bits per heavy atom. The van der Waals surface area contributed by atoms with E-state index in [1.54, 1.807) is 19.2 Å². The van der Waals surface area contributed by atoms with E-state index in [-0.39, 0.29) is 23.3 Å². The van der Waals surface area contributed by atoms with Crippen LogP contribution in [0.25, 0.3) is 10.9 Å². The fourth-order valence-corrected chi connectivity index (χ4v) is 6.79.